The number of rotatable bonds is 13. The van der Waals surface area contributed by atoms with Crippen LogP contribution in [0.25, 0.3) is 0 Å². The maximum absolute atomic E-state index is 12.4. The molecule has 0 aromatic heterocycles. The molecule has 232 valence electrons. The standard InChI is InChI=1S/C31H32Cl2N4O7/c1-4-42-25-13-20(28-27(30(39)41-3)18(2)35-31(40)36-28)10-11-24(25)43-17-26(38)37-34-15-21-12-22(32)14-23(33)29(21)44-16-19-8-6-5-7-9-19/h5-15,26,28,37-38H,4,16-17H2,1-3H3,(H2,35,36,40)/b34-15+/t26-,28+/m0/s1. The highest BCUT2D eigenvalue weighted by Gasteiger charge is 2.32. The number of hydrogen-bond acceptors (Lipinski definition) is 9. The van der Waals surface area contributed by atoms with E-state index in [4.69, 9.17) is 42.1 Å². The van der Waals surface area contributed by atoms with Gasteiger partial charge < -0.3 is 34.7 Å². The highest BCUT2D eigenvalue weighted by molar-refractivity contribution is 6.36. The minimum atomic E-state index is -1.20. The van der Waals surface area contributed by atoms with Gasteiger partial charge in [-0.1, -0.05) is 59.6 Å². The molecule has 13 heteroatoms. The van der Waals surface area contributed by atoms with Crippen molar-refractivity contribution in [1.29, 1.82) is 0 Å². The molecule has 3 aromatic rings. The highest BCUT2D eigenvalue weighted by atomic mass is 35.5. The number of carbonyl (C=O) groups is 2. The number of nitrogens with one attached hydrogen (secondary N) is 3. The largest absolute Gasteiger partial charge is 0.490 e. The maximum Gasteiger partial charge on any atom is 0.337 e. The maximum atomic E-state index is 12.4. The van der Waals surface area contributed by atoms with E-state index in [1.54, 1.807) is 44.2 Å². The van der Waals surface area contributed by atoms with Crippen molar-refractivity contribution in [3.63, 3.8) is 0 Å². The minimum Gasteiger partial charge on any atom is -0.490 e. The number of hydrazone groups is 1. The Kier molecular flexibility index (Phi) is 11.3. The molecule has 1 heterocycles. The van der Waals surface area contributed by atoms with Gasteiger partial charge in [0.05, 0.1) is 36.6 Å². The fourth-order valence-electron chi connectivity index (χ4n) is 4.37. The summed E-state index contributed by atoms with van der Waals surface area (Å²) in [5.74, 6) is 0.495. The number of urea groups is 1. The summed E-state index contributed by atoms with van der Waals surface area (Å²) in [6, 6.07) is 16.6. The summed E-state index contributed by atoms with van der Waals surface area (Å²) in [5, 5.41) is 20.6. The first-order valence-corrected chi connectivity index (χ1v) is 14.3. The third-order valence-corrected chi connectivity index (χ3v) is 6.86. The predicted molar refractivity (Wildman–Crippen MR) is 166 cm³/mol. The van der Waals surface area contributed by atoms with Crippen LogP contribution in [0.3, 0.4) is 0 Å². The van der Waals surface area contributed by atoms with E-state index in [0.717, 1.165) is 5.56 Å². The van der Waals surface area contributed by atoms with E-state index in [0.29, 0.717) is 50.7 Å². The zero-order valence-electron chi connectivity index (χ0n) is 24.2. The van der Waals surface area contributed by atoms with Gasteiger partial charge in [0.2, 0.25) is 0 Å². The number of ether oxygens (including phenoxy) is 4. The average Bonchev–Trinajstić information content (AvgIpc) is 3.00. The zero-order chi connectivity index (χ0) is 31.6. The Morgan fingerprint density at radius 2 is 1.86 bits per heavy atom. The molecule has 11 nitrogen and oxygen atoms in total. The average molecular weight is 644 g/mol. The lowest BCUT2D eigenvalue weighted by atomic mass is 9.95. The lowest BCUT2D eigenvalue weighted by Crippen LogP contribution is -2.45. The molecule has 1 aliphatic rings. The molecule has 0 spiro atoms. The molecule has 0 saturated heterocycles. The van der Waals surface area contributed by atoms with E-state index < -0.39 is 24.3 Å². The van der Waals surface area contributed by atoms with Crippen LogP contribution in [0.5, 0.6) is 17.2 Å². The number of esters is 1. The second-order valence-corrected chi connectivity index (χ2v) is 10.3. The number of halogens is 2. The van der Waals surface area contributed by atoms with E-state index in [2.05, 4.69) is 21.2 Å². The van der Waals surface area contributed by atoms with Crippen LogP contribution in [0, 0.1) is 0 Å². The molecule has 2 atom stereocenters. The molecule has 0 bridgehead atoms. The Hall–Kier alpha value is -4.45. The van der Waals surface area contributed by atoms with Crippen LogP contribution < -0.4 is 30.3 Å². The van der Waals surface area contributed by atoms with Crippen LogP contribution in [-0.4, -0.2) is 49.9 Å². The van der Waals surface area contributed by atoms with Crippen LogP contribution in [0.4, 0.5) is 4.79 Å². The van der Waals surface area contributed by atoms with Crippen molar-refractivity contribution in [3.05, 3.63) is 98.7 Å². The van der Waals surface area contributed by atoms with Crippen molar-refractivity contribution in [1.82, 2.24) is 16.1 Å². The van der Waals surface area contributed by atoms with Crippen molar-refractivity contribution < 1.29 is 33.6 Å². The van der Waals surface area contributed by atoms with Crippen molar-refractivity contribution >= 4 is 41.4 Å². The van der Waals surface area contributed by atoms with Gasteiger partial charge in [0, 0.05) is 16.3 Å². The summed E-state index contributed by atoms with van der Waals surface area (Å²) in [7, 11) is 1.27. The second kappa shape index (κ2) is 15.3. The number of aliphatic hydroxyl groups excluding tert-OH is 1. The molecular formula is C31H32Cl2N4O7. The number of carbonyl (C=O) groups excluding carboxylic acids is 2. The monoisotopic (exact) mass is 642 g/mol. The van der Waals surface area contributed by atoms with E-state index in [1.165, 1.54) is 13.3 Å². The quantitative estimate of drug-likeness (QED) is 0.0875. The fraction of sp³-hybridized carbons (Fsp3) is 0.258. The highest BCUT2D eigenvalue weighted by Crippen LogP contribution is 2.35. The van der Waals surface area contributed by atoms with Crippen LogP contribution in [0.15, 0.2) is 77.0 Å². The van der Waals surface area contributed by atoms with Gasteiger partial charge in [-0.15, -0.1) is 0 Å². The molecule has 44 heavy (non-hydrogen) atoms. The Balaban J connectivity index is 1.42. The summed E-state index contributed by atoms with van der Waals surface area (Å²) >= 11 is 12.6. The summed E-state index contributed by atoms with van der Waals surface area (Å²) < 4.78 is 22.4. The Morgan fingerprint density at radius 1 is 1.09 bits per heavy atom. The van der Waals surface area contributed by atoms with Gasteiger partial charge in [0.15, 0.2) is 17.7 Å². The number of benzene rings is 3. The minimum absolute atomic E-state index is 0.194. The molecule has 2 amide bonds. The summed E-state index contributed by atoms with van der Waals surface area (Å²) in [6.07, 6.45) is 0.229. The number of methoxy groups -OCH3 is 1. The van der Waals surface area contributed by atoms with Crippen LogP contribution in [-0.2, 0) is 16.1 Å². The lowest BCUT2D eigenvalue weighted by molar-refractivity contribution is -0.136. The van der Waals surface area contributed by atoms with Gasteiger partial charge in [-0.05, 0) is 49.2 Å². The molecular weight excluding hydrogens is 611 g/mol. The van der Waals surface area contributed by atoms with Crippen LogP contribution in [0.1, 0.15) is 36.6 Å². The molecule has 0 fully saturated rings. The molecule has 1 aliphatic heterocycles. The number of amides is 2. The Morgan fingerprint density at radius 3 is 2.59 bits per heavy atom. The number of aliphatic hydroxyl groups is 1. The number of hydrogen-bond donors (Lipinski definition) is 4. The molecule has 0 radical (unpaired) electrons. The van der Waals surface area contributed by atoms with Crippen molar-refractivity contribution in [2.45, 2.75) is 32.7 Å². The van der Waals surface area contributed by atoms with E-state index >= 15 is 0 Å². The molecule has 0 aliphatic carbocycles. The van der Waals surface area contributed by atoms with E-state index in [1.807, 2.05) is 30.3 Å². The van der Waals surface area contributed by atoms with Gasteiger partial charge in [-0.2, -0.15) is 5.10 Å². The first-order chi connectivity index (χ1) is 21.2. The zero-order valence-corrected chi connectivity index (χ0v) is 25.7. The van der Waals surface area contributed by atoms with E-state index in [-0.39, 0.29) is 18.8 Å². The number of allylic oxidation sites excluding steroid dienone is 1. The second-order valence-electron chi connectivity index (χ2n) is 9.50. The van der Waals surface area contributed by atoms with Crippen LogP contribution >= 0.6 is 23.2 Å². The first-order valence-electron chi connectivity index (χ1n) is 13.6. The van der Waals surface area contributed by atoms with E-state index in [9.17, 15) is 14.7 Å². The van der Waals surface area contributed by atoms with Crippen molar-refractivity contribution in [3.8, 4) is 17.2 Å². The topological polar surface area (TPSA) is 140 Å². The smallest absolute Gasteiger partial charge is 0.337 e. The molecule has 4 rings (SSSR count). The first kappa shape index (κ1) is 32.5. The fourth-order valence-corrected chi connectivity index (χ4v) is 4.94. The molecule has 3 aromatic carbocycles. The third-order valence-electron chi connectivity index (χ3n) is 6.36. The lowest BCUT2D eigenvalue weighted by Gasteiger charge is -2.28. The third kappa shape index (κ3) is 8.34. The predicted octanol–water partition coefficient (Wildman–Crippen LogP) is 5.09. The molecule has 0 unspecified atom stereocenters. The van der Waals surface area contributed by atoms with Crippen molar-refractivity contribution in [2.24, 2.45) is 5.10 Å². The van der Waals surface area contributed by atoms with Gasteiger partial charge >= 0.3 is 12.0 Å². The summed E-state index contributed by atoms with van der Waals surface area (Å²) in [5.41, 5.74) is 5.28. The SMILES string of the molecule is CCOc1cc([C@H]2NC(=O)NC(C)=C2C(=O)OC)ccc1OC[C@H](O)N/N=C/c1cc(Cl)cc(Cl)c1OCc1ccccc1. The van der Waals surface area contributed by atoms with Gasteiger partial charge in [0.1, 0.15) is 19.0 Å². The van der Waals surface area contributed by atoms with Gasteiger partial charge in [-0.3, -0.25) is 5.43 Å². The van der Waals surface area contributed by atoms with Gasteiger partial charge in [-0.25, -0.2) is 9.59 Å². The van der Waals surface area contributed by atoms with Gasteiger partial charge in [0.25, 0.3) is 0 Å². The van der Waals surface area contributed by atoms with Crippen LogP contribution in [0.2, 0.25) is 10.0 Å². The summed E-state index contributed by atoms with van der Waals surface area (Å²) in [6.45, 7) is 3.84. The normalized spacial score (nSPS) is 15.3. The summed E-state index contributed by atoms with van der Waals surface area (Å²) in [4.78, 5) is 24.6. The Bertz CT molecular complexity index is 1550. The number of nitrogens with zero attached hydrogens (tertiary/aromatic N) is 1. The molecule has 0 saturated carbocycles. The van der Waals surface area contributed by atoms with Crippen molar-refractivity contribution in [2.75, 3.05) is 20.3 Å². The molecule has 4 N–H and O–H groups in total. The Labute approximate surface area is 264 Å².